The molecule has 0 bridgehead atoms. The zero-order valence-corrected chi connectivity index (χ0v) is 18.7. The van der Waals surface area contributed by atoms with E-state index in [0.29, 0.717) is 27.0 Å². The summed E-state index contributed by atoms with van der Waals surface area (Å²) in [5.41, 5.74) is 4.89. The highest BCUT2D eigenvalue weighted by atomic mass is 79.9. The number of hydrazine groups is 1. The minimum atomic E-state index is -0.443. The standard InChI is InChI=1S/C22H18BrN5O5/c23-18-7-2-1-6-17(18)22(30)24-13-21(29)26-25-12-14-4-3-5-16(10-14)33-20-9-8-15(27-31)11-19(20)28-32/h1-12,27,31H,13H2,(H,24,30)(H,26,29)/p+2/b25-12+. The van der Waals surface area contributed by atoms with Crippen LogP contribution in [0.1, 0.15) is 15.9 Å². The van der Waals surface area contributed by atoms with Gasteiger partial charge in [0.05, 0.1) is 5.56 Å². The normalized spacial score (nSPS) is 10.6. The van der Waals surface area contributed by atoms with Crippen LogP contribution in [0, 0.1) is 4.91 Å². The van der Waals surface area contributed by atoms with Gasteiger partial charge in [-0.25, -0.2) is 5.21 Å². The monoisotopic (exact) mass is 513 g/mol. The second-order valence-electron chi connectivity index (χ2n) is 6.62. The molecular weight excluding hydrogens is 494 g/mol. The van der Waals surface area contributed by atoms with Crippen LogP contribution in [-0.4, -0.2) is 29.8 Å². The number of rotatable bonds is 9. The van der Waals surface area contributed by atoms with E-state index < -0.39 is 5.91 Å². The van der Waals surface area contributed by atoms with Crippen LogP contribution in [-0.2, 0) is 4.79 Å². The van der Waals surface area contributed by atoms with E-state index in [2.05, 4.69) is 37.0 Å². The molecule has 3 rings (SSSR count). The average molecular weight is 514 g/mol. The van der Waals surface area contributed by atoms with Crippen LogP contribution in [0.5, 0.6) is 11.5 Å². The molecule has 0 saturated carbocycles. The maximum atomic E-state index is 12.1. The number of hydrogen-bond acceptors (Lipinski definition) is 6. The van der Waals surface area contributed by atoms with Gasteiger partial charge in [0.15, 0.2) is 23.3 Å². The highest BCUT2D eigenvalue weighted by molar-refractivity contribution is 9.10. The van der Waals surface area contributed by atoms with Crippen LogP contribution in [0.25, 0.3) is 0 Å². The van der Waals surface area contributed by atoms with Crippen LogP contribution in [0.4, 0.5) is 11.4 Å². The van der Waals surface area contributed by atoms with E-state index in [0.717, 1.165) is 5.48 Å². The number of carbonyl (C=O) groups is 2. The Morgan fingerprint density at radius 1 is 1.12 bits per heavy atom. The third-order valence-corrected chi connectivity index (χ3v) is 4.99. The number of nitrogens with two attached hydrogens (primary N) is 1. The largest absolute Gasteiger partial charge is 0.455 e. The molecule has 0 aliphatic carbocycles. The lowest BCUT2D eigenvalue weighted by Gasteiger charge is -2.07. The van der Waals surface area contributed by atoms with Crippen molar-refractivity contribution in [2.45, 2.75) is 0 Å². The van der Waals surface area contributed by atoms with Crippen LogP contribution in [0.15, 0.2) is 76.4 Å². The van der Waals surface area contributed by atoms with Crippen molar-refractivity contribution in [1.82, 2.24) is 10.7 Å². The third kappa shape index (κ3) is 6.77. The van der Waals surface area contributed by atoms with Gasteiger partial charge >= 0.3 is 0 Å². The fourth-order valence-corrected chi connectivity index (χ4v) is 3.18. The molecule has 11 heteroatoms. The van der Waals surface area contributed by atoms with Gasteiger partial charge in [0.2, 0.25) is 0 Å². The maximum Gasteiger partial charge on any atom is 0.293 e. The van der Waals surface area contributed by atoms with Gasteiger partial charge in [-0.3, -0.25) is 9.59 Å². The zero-order chi connectivity index (χ0) is 23.6. The Morgan fingerprint density at radius 2 is 1.94 bits per heavy atom. The lowest BCUT2D eigenvalue weighted by molar-refractivity contribution is -0.825. The summed E-state index contributed by atoms with van der Waals surface area (Å²) in [7, 11) is 0. The van der Waals surface area contributed by atoms with Gasteiger partial charge in [-0.15, -0.1) is 15.4 Å². The number of nitroso groups, excluding NO2 is 1. The number of quaternary nitrogens is 1. The number of benzene rings is 3. The van der Waals surface area contributed by atoms with Crippen LogP contribution in [0.2, 0.25) is 0 Å². The van der Waals surface area contributed by atoms with Crippen molar-refractivity contribution in [2.75, 3.05) is 6.54 Å². The molecule has 168 valence electrons. The second kappa shape index (κ2) is 11.6. The molecular formula is C22H20BrN5O5+2. The molecule has 0 aliphatic heterocycles. The summed E-state index contributed by atoms with van der Waals surface area (Å²) < 4.78 is 6.34. The van der Waals surface area contributed by atoms with Crippen LogP contribution >= 0.6 is 15.9 Å². The smallest absolute Gasteiger partial charge is 0.293 e. The Morgan fingerprint density at radius 3 is 2.70 bits per heavy atom. The van der Waals surface area contributed by atoms with E-state index in [1.165, 1.54) is 18.3 Å². The number of nitrogens with one attached hydrogen (secondary N) is 3. The first-order chi connectivity index (χ1) is 16.0. The van der Waals surface area contributed by atoms with E-state index in [1.807, 2.05) is 0 Å². The number of carbonyl (C=O) groups excluding carboxylic acids is 2. The quantitative estimate of drug-likeness (QED) is 0.126. The van der Waals surface area contributed by atoms with E-state index in [1.54, 1.807) is 54.6 Å². The predicted molar refractivity (Wildman–Crippen MR) is 123 cm³/mol. The number of nitrogens with zero attached hydrogens (tertiary/aromatic N) is 1. The van der Waals surface area contributed by atoms with Gasteiger partial charge < -0.3 is 10.1 Å². The molecule has 10 nitrogen and oxygen atoms in total. The van der Waals surface area contributed by atoms with E-state index in [9.17, 15) is 14.5 Å². The van der Waals surface area contributed by atoms with Crippen molar-refractivity contribution in [2.24, 2.45) is 5.18 Å². The summed E-state index contributed by atoms with van der Waals surface area (Å²) >= 11 is 3.29. The molecule has 33 heavy (non-hydrogen) atoms. The fourth-order valence-electron chi connectivity index (χ4n) is 2.71. The molecule has 0 fully saturated rings. The molecule has 0 unspecified atom stereocenters. The summed E-state index contributed by atoms with van der Waals surface area (Å²) in [5.74, 6) is -0.153. The number of hydrogen-bond donors (Lipinski definition) is 5. The number of hydrazone groups is 1. The topological polar surface area (TPSA) is 148 Å². The molecule has 0 atom stereocenters. The van der Waals surface area contributed by atoms with Crippen molar-refractivity contribution >= 4 is 45.3 Å². The molecule has 0 spiro atoms. The maximum absolute atomic E-state index is 12.1. The first-order valence-electron chi connectivity index (χ1n) is 9.63. The minimum Gasteiger partial charge on any atom is -0.455 e. The van der Waals surface area contributed by atoms with Crippen LogP contribution < -0.4 is 26.1 Å². The molecule has 0 radical (unpaired) electrons. The highest BCUT2D eigenvalue weighted by Crippen LogP contribution is 2.33. The van der Waals surface area contributed by atoms with Crippen molar-refractivity contribution in [3.63, 3.8) is 0 Å². The molecule has 0 saturated heterocycles. The minimum absolute atomic E-state index is 0.0437. The summed E-state index contributed by atoms with van der Waals surface area (Å²) in [5, 5.41) is 17.2. The molecule has 0 aromatic heterocycles. The van der Waals surface area contributed by atoms with Crippen molar-refractivity contribution < 1.29 is 30.1 Å². The van der Waals surface area contributed by atoms with Gasteiger partial charge in [-0.05, 0) is 57.5 Å². The Hall–Kier alpha value is -3.93. The molecule has 2 amide bonds. The first kappa shape index (κ1) is 23.7. The Kier molecular flexibility index (Phi) is 8.36. The molecule has 3 aromatic carbocycles. The summed E-state index contributed by atoms with van der Waals surface area (Å²) in [4.78, 5) is 35.2. The van der Waals surface area contributed by atoms with Gasteiger partial charge in [0.1, 0.15) is 12.3 Å². The van der Waals surface area contributed by atoms with Gasteiger partial charge in [-0.1, -0.05) is 18.2 Å². The van der Waals surface area contributed by atoms with E-state index >= 15 is 0 Å². The van der Waals surface area contributed by atoms with Crippen molar-refractivity contribution in [3.8, 4) is 11.5 Å². The summed E-state index contributed by atoms with van der Waals surface area (Å²) in [6, 6.07) is 18.3. The molecule has 3 aromatic rings. The Bertz CT molecular complexity index is 1200. The summed E-state index contributed by atoms with van der Waals surface area (Å²) in [6.07, 6.45) is 1.53. The second-order valence-corrected chi connectivity index (χ2v) is 7.48. The summed E-state index contributed by atoms with van der Waals surface area (Å²) in [6.45, 7) is -0.215. The average Bonchev–Trinajstić information content (AvgIpc) is 2.83. The molecule has 0 aliphatic rings. The third-order valence-electron chi connectivity index (χ3n) is 4.29. The van der Waals surface area contributed by atoms with Gasteiger partial charge in [0.25, 0.3) is 11.8 Å². The number of ether oxygens (including phenoxy) is 1. The molecule has 6 N–H and O–H groups in total. The first-order valence-corrected chi connectivity index (χ1v) is 10.4. The lowest BCUT2D eigenvalue weighted by atomic mass is 10.2. The van der Waals surface area contributed by atoms with Gasteiger partial charge in [0, 0.05) is 22.2 Å². The number of halogens is 1. The van der Waals surface area contributed by atoms with Crippen molar-refractivity contribution in [3.05, 3.63) is 87.2 Å². The molecule has 0 heterocycles. The lowest BCUT2D eigenvalue weighted by Crippen LogP contribution is -2.82. The predicted octanol–water partition coefficient (Wildman–Crippen LogP) is 1.18. The van der Waals surface area contributed by atoms with E-state index in [4.69, 9.17) is 9.94 Å². The van der Waals surface area contributed by atoms with E-state index in [-0.39, 0.29) is 23.9 Å². The fraction of sp³-hybridized carbons (Fsp3) is 0.0455. The Labute approximate surface area is 196 Å². The Balaban J connectivity index is 1.55. The highest BCUT2D eigenvalue weighted by Gasteiger charge is 2.12. The number of amides is 2. The van der Waals surface area contributed by atoms with Crippen molar-refractivity contribution in [1.29, 1.82) is 0 Å². The van der Waals surface area contributed by atoms with Crippen LogP contribution in [0.3, 0.4) is 0 Å². The SMILES string of the molecule is O=Nc1cc([NH2+]O)ccc1Oc1cccc(/C=[NH+]/NC(=O)CNC(=O)c2ccccc2Br)c1. The van der Waals surface area contributed by atoms with Gasteiger partial charge in [-0.2, -0.15) is 5.48 Å². The zero-order valence-electron chi connectivity index (χ0n) is 17.1.